The Morgan fingerprint density at radius 2 is 2.24 bits per heavy atom. The lowest BCUT2D eigenvalue weighted by molar-refractivity contribution is 0.101. The first-order valence-corrected chi connectivity index (χ1v) is 4.90. The molecule has 2 aromatic rings. The van der Waals surface area contributed by atoms with Crippen LogP contribution in [-0.4, -0.2) is 20.5 Å². The molecule has 0 spiro atoms. The summed E-state index contributed by atoms with van der Waals surface area (Å²) in [7, 11) is 1.69. The van der Waals surface area contributed by atoms with Crippen LogP contribution in [0.5, 0.6) is 11.8 Å². The van der Waals surface area contributed by atoms with Crippen LogP contribution in [0.15, 0.2) is 24.5 Å². The highest BCUT2D eigenvalue weighted by Gasteiger charge is 2.12. The lowest BCUT2D eigenvalue weighted by Crippen LogP contribution is -1.99. The number of carbonyl (C=O) groups excluding carboxylic acids is 1. The van der Waals surface area contributed by atoms with Gasteiger partial charge in [0.25, 0.3) is 0 Å². The third kappa shape index (κ3) is 2.47. The summed E-state index contributed by atoms with van der Waals surface area (Å²) >= 11 is 0. The summed E-state index contributed by atoms with van der Waals surface area (Å²) in [4.78, 5) is 15.2. The first-order chi connectivity index (χ1) is 8.06. The third-order valence-corrected chi connectivity index (χ3v) is 2.10. The van der Waals surface area contributed by atoms with Gasteiger partial charge in [0.1, 0.15) is 17.9 Å². The van der Waals surface area contributed by atoms with Crippen LogP contribution >= 0.6 is 0 Å². The highest BCUT2D eigenvalue weighted by atomic mass is 19.1. The zero-order valence-corrected chi connectivity index (χ0v) is 9.35. The minimum atomic E-state index is -0.489. The van der Waals surface area contributed by atoms with Crippen LogP contribution in [0.1, 0.15) is 17.3 Å². The van der Waals surface area contributed by atoms with Crippen LogP contribution in [0.2, 0.25) is 0 Å². The molecule has 0 fully saturated rings. The second-order valence-corrected chi connectivity index (χ2v) is 3.50. The van der Waals surface area contributed by atoms with Gasteiger partial charge in [-0.05, 0) is 25.1 Å². The molecule has 2 rings (SSSR count). The maximum Gasteiger partial charge on any atom is 0.341 e. The highest BCUT2D eigenvalue weighted by Crippen LogP contribution is 2.24. The maximum atomic E-state index is 13.0. The molecule has 0 saturated heterocycles. The van der Waals surface area contributed by atoms with Crippen molar-refractivity contribution < 1.29 is 13.9 Å². The van der Waals surface area contributed by atoms with Gasteiger partial charge in [-0.25, -0.2) is 4.39 Å². The monoisotopic (exact) mass is 235 g/mol. The van der Waals surface area contributed by atoms with E-state index in [9.17, 15) is 9.18 Å². The molecule has 0 aliphatic carbocycles. The third-order valence-electron chi connectivity index (χ3n) is 2.10. The molecular weight excluding hydrogens is 225 g/mol. The van der Waals surface area contributed by atoms with Crippen molar-refractivity contribution in [2.45, 2.75) is 6.92 Å². The van der Waals surface area contributed by atoms with Crippen molar-refractivity contribution >= 4 is 5.78 Å². The molecule has 0 N–H and O–H groups in total. The predicted octanol–water partition coefficient (Wildman–Crippen LogP) is 1.95. The Kier molecular flexibility index (Phi) is 2.86. The van der Waals surface area contributed by atoms with Crippen LogP contribution in [-0.2, 0) is 7.05 Å². The number of carbonyl (C=O) groups is 1. The summed E-state index contributed by atoms with van der Waals surface area (Å²) in [6.45, 7) is 1.34. The molecule has 1 heterocycles. The predicted molar refractivity (Wildman–Crippen MR) is 57.5 cm³/mol. The van der Waals surface area contributed by atoms with Gasteiger partial charge in [-0.1, -0.05) is 0 Å². The van der Waals surface area contributed by atoms with Gasteiger partial charge in [-0.2, -0.15) is 4.98 Å². The number of ketones is 1. The van der Waals surface area contributed by atoms with Gasteiger partial charge < -0.3 is 4.74 Å². The summed E-state index contributed by atoms with van der Waals surface area (Å²) in [6.07, 6.45) is 1.46. The van der Waals surface area contributed by atoms with Gasteiger partial charge in [0.2, 0.25) is 0 Å². The van der Waals surface area contributed by atoms with Crippen molar-refractivity contribution in [2.75, 3.05) is 0 Å². The van der Waals surface area contributed by atoms with Gasteiger partial charge >= 0.3 is 6.01 Å². The zero-order chi connectivity index (χ0) is 12.4. The van der Waals surface area contributed by atoms with Crippen molar-refractivity contribution in [1.29, 1.82) is 0 Å². The number of aryl methyl sites for hydroxylation is 1. The van der Waals surface area contributed by atoms with E-state index in [0.717, 1.165) is 6.07 Å². The SMILES string of the molecule is CC(=O)c1cc(F)ccc1Oc1ncn(C)n1. The second-order valence-electron chi connectivity index (χ2n) is 3.50. The zero-order valence-electron chi connectivity index (χ0n) is 9.35. The largest absolute Gasteiger partial charge is 0.422 e. The van der Waals surface area contributed by atoms with Crippen LogP contribution in [0.4, 0.5) is 4.39 Å². The molecule has 0 amide bonds. The van der Waals surface area contributed by atoms with Crippen LogP contribution in [0.25, 0.3) is 0 Å². The van der Waals surface area contributed by atoms with Crippen molar-refractivity contribution in [3.63, 3.8) is 0 Å². The number of hydrogen-bond acceptors (Lipinski definition) is 4. The second kappa shape index (κ2) is 4.32. The van der Waals surface area contributed by atoms with E-state index in [1.54, 1.807) is 7.05 Å². The smallest absolute Gasteiger partial charge is 0.341 e. The number of aromatic nitrogens is 3. The minimum Gasteiger partial charge on any atom is -0.422 e. The Bertz CT molecular complexity index is 566. The number of rotatable bonds is 3. The van der Waals surface area contributed by atoms with E-state index in [1.807, 2.05) is 0 Å². The molecular formula is C11H10FN3O2. The number of Topliss-reactive ketones (excluding diaryl/α,β-unsaturated/α-hetero) is 1. The summed E-state index contributed by atoms with van der Waals surface area (Å²) < 4.78 is 19.8. The average molecular weight is 235 g/mol. The van der Waals surface area contributed by atoms with Gasteiger partial charge in [-0.15, -0.1) is 5.10 Å². The Balaban J connectivity index is 2.35. The highest BCUT2D eigenvalue weighted by molar-refractivity contribution is 5.96. The Hall–Kier alpha value is -2.24. The van der Waals surface area contributed by atoms with Crippen molar-refractivity contribution in [3.05, 3.63) is 35.9 Å². The van der Waals surface area contributed by atoms with Crippen molar-refractivity contribution in [3.8, 4) is 11.8 Å². The Labute approximate surface area is 96.9 Å². The standard InChI is InChI=1S/C11H10FN3O2/c1-7(16)9-5-8(12)3-4-10(9)17-11-13-6-15(2)14-11/h3-6H,1-2H3. The topological polar surface area (TPSA) is 57.0 Å². The molecule has 0 atom stereocenters. The molecule has 88 valence electrons. The fraction of sp³-hybridized carbons (Fsp3) is 0.182. The van der Waals surface area contributed by atoms with Gasteiger partial charge in [0.05, 0.1) is 5.56 Å². The number of ether oxygens (including phenoxy) is 1. The molecule has 0 bridgehead atoms. The van der Waals surface area contributed by atoms with E-state index < -0.39 is 5.82 Å². The van der Waals surface area contributed by atoms with E-state index in [2.05, 4.69) is 10.1 Å². The van der Waals surface area contributed by atoms with E-state index in [0.29, 0.717) is 0 Å². The number of halogens is 1. The Morgan fingerprint density at radius 3 is 2.82 bits per heavy atom. The van der Waals surface area contributed by atoms with Crippen LogP contribution in [0, 0.1) is 5.82 Å². The summed E-state index contributed by atoms with van der Waals surface area (Å²) in [6, 6.07) is 3.83. The lowest BCUT2D eigenvalue weighted by Gasteiger charge is -2.05. The van der Waals surface area contributed by atoms with Crippen LogP contribution in [0.3, 0.4) is 0 Å². The number of nitrogens with zero attached hydrogens (tertiary/aromatic N) is 3. The molecule has 6 heteroatoms. The van der Waals surface area contributed by atoms with Crippen molar-refractivity contribution in [2.24, 2.45) is 7.05 Å². The summed E-state index contributed by atoms with van der Waals surface area (Å²) in [5.41, 5.74) is 0.164. The molecule has 0 aliphatic heterocycles. The van der Waals surface area contributed by atoms with E-state index in [1.165, 1.54) is 30.1 Å². The molecule has 1 aromatic carbocycles. The lowest BCUT2D eigenvalue weighted by atomic mass is 10.1. The molecule has 0 unspecified atom stereocenters. The first kappa shape index (κ1) is 11.3. The van der Waals surface area contributed by atoms with Gasteiger partial charge in [-0.3, -0.25) is 9.48 Å². The molecule has 1 aromatic heterocycles. The number of benzene rings is 1. The van der Waals surface area contributed by atoms with Crippen molar-refractivity contribution in [1.82, 2.24) is 14.8 Å². The van der Waals surface area contributed by atoms with Gasteiger partial charge in [0, 0.05) is 7.05 Å². The van der Waals surface area contributed by atoms with E-state index in [-0.39, 0.29) is 23.1 Å². The molecule has 0 aliphatic rings. The summed E-state index contributed by atoms with van der Waals surface area (Å²) in [5, 5.41) is 3.91. The normalized spacial score (nSPS) is 10.3. The van der Waals surface area contributed by atoms with E-state index >= 15 is 0 Å². The molecule has 0 saturated carbocycles. The fourth-order valence-electron chi connectivity index (χ4n) is 1.33. The molecule has 17 heavy (non-hydrogen) atoms. The first-order valence-electron chi connectivity index (χ1n) is 4.90. The average Bonchev–Trinajstić information content (AvgIpc) is 2.66. The Morgan fingerprint density at radius 1 is 1.47 bits per heavy atom. The maximum absolute atomic E-state index is 13.0. The quantitative estimate of drug-likeness (QED) is 0.763. The van der Waals surface area contributed by atoms with Crippen LogP contribution < -0.4 is 4.74 Å². The minimum absolute atomic E-state index is 0.113. The van der Waals surface area contributed by atoms with E-state index in [4.69, 9.17) is 4.74 Å². The fourth-order valence-corrected chi connectivity index (χ4v) is 1.33. The molecule has 0 radical (unpaired) electrons. The summed E-state index contributed by atoms with van der Waals surface area (Å²) in [5.74, 6) is -0.530. The number of hydrogen-bond donors (Lipinski definition) is 0. The molecule has 5 nitrogen and oxygen atoms in total. The van der Waals surface area contributed by atoms with Gasteiger partial charge in [0.15, 0.2) is 5.78 Å².